The molecule has 140 valence electrons. The van der Waals surface area contributed by atoms with Crippen molar-refractivity contribution in [2.45, 2.75) is 51.6 Å². The number of anilines is 1. The second-order valence-electron chi connectivity index (χ2n) is 6.84. The topological polar surface area (TPSA) is 80.4 Å². The van der Waals surface area contributed by atoms with Crippen LogP contribution in [0.3, 0.4) is 0 Å². The number of carbonyl (C=O) groups is 1. The van der Waals surface area contributed by atoms with Gasteiger partial charge in [-0.05, 0) is 44.7 Å². The van der Waals surface area contributed by atoms with Crippen molar-refractivity contribution in [2.75, 3.05) is 18.0 Å². The van der Waals surface area contributed by atoms with Crippen molar-refractivity contribution in [3.8, 4) is 0 Å². The molecule has 1 amide bonds. The lowest BCUT2D eigenvalue weighted by Crippen LogP contribution is -2.38. The third-order valence-corrected chi connectivity index (χ3v) is 4.68. The van der Waals surface area contributed by atoms with Gasteiger partial charge in [-0.25, -0.2) is 4.68 Å². The van der Waals surface area contributed by atoms with Crippen LogP contribution in [0.4, 0.5) is 5.69 Å². The third kappa shape index (κ3) is 4.97. The van der Waals surface area contributed by atoms with Crippen LogP contribution < -0.4 is 15.8 Å². The molecule has 1 saturated heterocycles. The maximum Gasteiger partial charge on any atom is 0.269 e. The zero-order valence-electron chi connectivity index (χ0n) is 15.2. The van der Waals surface area contributed by atoms with E-state index in [-0.39, 0.29) is 24.1 Å². The molecule has 0 bridgehead atoms. The Morgan fingerprint density at radius 3 is 2.85 bits per heavy atom. The fourth-order valence-electron chi connectivity index (χ4n) is 3.21. The number of aromatic nitrogens is 2. The van der Waals surface area contributed by atoms with E-state index in [0.717, 1.165) is 50.2 Å². The molecule has 0 aromatic carbocycles. The summed E-state index contributed by atoms with van der Waals surface area (Å²) in [6.45, 7) is 3.79. The van der Waals surface area contributed by atoms with Crippen LogP contribution in [0, 0.1) is 0 Å². The first kappa shape index (κ1) is 18.2. The number of amides is 1. The Balaban J connectivity index is 1.51. The summed E-state index contributed by atoms with van der Waals surface area (Å²) in [6.07, 6.45) is 8.37. The number of nitrogens with one attached hydrogen (secondary N) is 1. The molecule has 0 saturated carbocycles. The quantitative estimate of drug-likeness (QED) is 0.818. The minimum atomic E-state index is -0.244. The molecule has 2 aromatic heterocycles. The first-order chi connectivity index (χ1) is 12.6. The number of piperidine rings is 1. The molecule has 1 N–H and O–H groups in total. The Bertz CT molecular complexity index is 763. The second kappa shape index (κ2) is 8.69. The maximum atomic E-state index is 12.3. The van der Waals surface area contributed by atoms with Crippen LogP contribution in [0.1, 0.15) is 38.4 Å². The van der Waals surface area contributed by atoms with Crippen molar-refractivity contribution in [2.24, 2.45) is 0 Å². The number of aryl methyl sites for hydroxylation is 1. The van der Waals surface area contributed by atoms with Crippen molar-refractivity contribution >= 4 is 11.6 Å². The van der Waals surface area contributed by atoms with Gasteiger partial charge in [0, 0.05) is 31.6 Å². The summed E-state index contributed by atoms with van der Waals surface area (Å²) in [7, 11) is 0. The van der Waals surface area contributed by atoms with Gasteiger partial charge in [0.15, 0.2) is 0 Å². The minimum absolute atomic E-state index is 0.00377. The second-order valence-corrected chi connectivity index (χ2v) is 6.84. The molecule has 0 unspecified atom stereocenters. The van der Waals surface area contributed by atoms with Gasteiger partial charge in [0.25, 0.3) is 5.56 Å². The van der Waals surface area contributed by atoms with E-state index in [1.165, 1.54) is 11.1 Å². The SMILES string of the molecule is C[C@H](CCc1ccco1)NC(=O)Cn1ncc(N2CCCCC2)cc1=O. The number of hydrogen-bond acceptors (Lipinski definition) is 5. The van der Waals surface area contributed by atoms with Crippen molar-refractivity contribution in [3.05, 3.63) is 46.8 Å². The molecule has 7 heteroatoms. The Morgan fingerprint density at radius 2 is 2.15 bits per heavy atom. The van der Waals surface area contributed by atoms with Gasteiger partial charge < -0.3 is 14.6 Å². The summed E-state index contributed by atoms with van der Waals surface area (Å²) in [5.74, 6) is 0.689. The van der Waals surface area contributed by atoms with E-state index < -0.39 is 0 Å². The number of carbonyl (C=O) groups excluding carboxylic acids is 1. The van der Waals surface area contributed by atoms with Crippen LogP contribution >= 0.6 is 0 Å². The summed E-state index contributed by atoms with van der Waals surface area (Å²) in [5.41, 5.74) is 0.602. The van der Waals surface area contributed by atoms with Crippen molar-refractivity contribution in [1.29, 1.82) is 0 Å². The van der Waals surface area contributed by atoms with Crippen LogP contribution in [-0.2, 0) is 17.8 Å². The van der Waals surface area contributed by atoms with Crippen LogP contribution in [0.15, 0.2) is 39.9 Å². The fraction of sp³-hybridized carbons (Fsp3) is 0.526. The van der Waals surface area contributed by atoms with Crippen molar-refractivity contribution in [1.82, 2.24) is 15.1 Å². The first-order valence-corrected chi connectivity index (χ1v) is 9.25. The van der Waals surface area contributed by atoms with Gasteiger partial charge in [-0.15, -0.1) is 0 Å². The number of furan rings is 1. The summed E-state index contributed by atoms with van der Waals surface area (Å²) in [6, 6.07) is 5.34. The van der Waals surface area contributed by atoms with Gasteiger partial charge in [-0.1, -0.05) is 0 Å². The van der Waals surface area contributed by atoms with Gasteiger partial charge in [0.05, 0.1) is 18.1 Å². The Labute approximate surface area is 153 Å². The lowest BCUT2D eigenvalue weighted by Gasteiger charge is -2.28. The van der Waals surface area contributed by atoms with E-state index in [9.17, 15) is 9.59 Å². The van der Waals surface area contributed by atoms with E-state index in [0.29, 0.717) is 0 Å². The summed E-state index contributed by atoms with van der Waals surface area (Å²) >= 11 is 0. The molecule has 1 aliphatic heterocycles. The van der Waals surface area contributed by atoms with E-state index in [2.05, 4.69) is 15.3 Å². The van der Waals surface area contributed by atoms with Gasteiger partial charge >= 0.3 is 0 Å². The molecule has 26 heavy (non-hydrogen) atoms. The van der Waals surface area contributed by atoms with Gasteiger partial charge in [0.2, 0.25) is 5.91 Å². The van der Waals surface area contributed by atoms with Gasteiger partial charge in [-0.2, -0.15) is 5.10 Å². The summed E-state index contributed by atoms with van der Waals surface area (Å²) in [5, 5.41) is 7.08. The van der Waals surface area contributed by atoms with E-state index in [1.807, 2.05) is 19.1 Å². The molecule has 3 heterocycles. The lowest BCUT2D eigenvalue weighted by molar-refractivity contribution is -0.122. The zero-order chi connectivity index (χ0) is 18.4. The van der Waals surface area contributed by atoms with Gasteiger partial charge in [0.1, 0.15) is 12.3 Å². The molecule has 1 fully saturated rings. The van der Waals surface area contributed by atoms with E-state index in [4.69, 9.17) is 4.42 Å². The molecular formula is C19H26N4O3. The van der Waals surface area contributed by atoms with Crippen molar-refractivity contribution in [3.63, 3.8) is 0 Å². The highest BCUT2D eigenvalue weighted by Crippen LogP contribution is 2.16. The summed E-state index contributed by atoms with van der Waals surface area (Å²) < 4.78 is 6.50. The largest absolute Gasteiger partial charge is 0.469 e. The monoisotopic (exact) mass is 358 g/mol. The number of hydrogen-bond donors (Lipinski definition) is 1. The minimum Gasteiger partial charge on any atom is -0.469 e. The highest BCUT2D eigenvalue weighted by molar-refractivity contribution is 5.75. The molecule has 2 aromatic rings. The standard InChI is InChI=1S/C19H26N4O3/c1-15(7-8-17-6-5-11-26-17)21-18(24)14-23-19(25)12-16(13-20-23)22-9-3-2-4-10-22/h5-6,11-13,15H,2-4,7-10,14H2,1H3,(H,21,24)/t15-/m1/s1. The van der Waals surface area contributed by atoms with Crippen LogP contribution in [0.25, 0.3) is 0 Å². The molecule has 3 rings (SSSR count). The van der Waals surface area contributed by atoms with Gasteiger partial charge in [-0.3, -0.25) is 9.59 Å². The lowest BCUT2D eigenvalue weighted by atomic mass is 10.1. The molecule has 0 radical (unpaired) electrons. The number of nitrogens with zero attached hydrogens (tertiary/aromatic N) is 3. The maximum absolute atomic E-state index is 12.3. The smallest absolute Gasteiger partial charge is 0.269 e. The Kier molecular flexibility index (Phi) is 6.09. The highest BCUT2D eigenvalue weighted by Gasteiger charge is 2.14. The molecular weight excluding hydrogens is 332 g/mol. The van der Waals surface area contributed by atoms with Crippen LogP contribution in [-0.4, -0.2) is 34.8 Å². The molecule has 1 aliphatic rings. The predicted molar refractivity (Wildman–Crippen MR) is 99.2 cm³/mol. The zero-order valence-corrected chi connectivity index (χ0v) is 15.2. The average molecular weight is 358 g/mol. The normalized spacial score (nSPS) is 15.7. The first-order valence-electron chi connectivity index (χ1n) is 9.25. The highest BCUT2D eigenvalue weighted by atomic mass is 16.3. The van der Waals surface area contributed by atoms with E-state index >= 15 is 0 Å². The molecule has 0 spiro atoms. The molecule has 7 nitrogen and oxygen atoms in total. The Morgan fingerprint density at radius 1 is 1.35 bits per heavy atom. The Hall–Kier alpha value is -2.57. The van der Waals surface area contributed by atoms with Crippen LogP contribution in [0.5, 0.6) is 0 Å². The van der Waals surface area contributed by atoms with E-state index in [1.54, 1.807) is 18.5 Å². The van der Waals surface area contributed by atoms with Crippen molar-refractivity contribution < 1.29 is 9.21 Å². The molecule has 0 aliphatic carbocycles. The predicted octanol–water partition coefficient (Wildman–Crippen LogP) is 1.96. The fourth-order valence-corrected chi connectivity index (χ4v) is 3.21. The van der Waals surface area contributed by atoms with Crippen LogP contribution in [0.2, 0.25) is 0 Å². The third-order valence-electron chi connectivity index (χ3n) is 4.68. The summed E-state index contributed by atoms with van der Waals surface area (Å²) in [4.78, 5) is 26.6. The average Bonchev–Trinajstić information content (AvgIpc) is 3.16. The number of rotatable bonds is 7. The molecule has 1 atom stereocenters.